The molecule has 0 aliphatic heterocycles. The summed E-state index contributed by atoms with van der Waals surface area (Å²) in [5, 5.41) is 0. The molecule has 2 unspecified atom stereocenters. The van der Waals surface area contributed by atoms with Crippen molar-refractivity contribution >= 4 is 5.78 Å². The minimum atomic E-state index is -0.830. The van der Waals surface area contributed by atoms with Crippen molar-refractivity contribution in [1.82, 2.24) is 9.97 Å². The molecule has 0 saturated heterocycles. The minimum Gasteiger partial charge on any atom is -0.316 e. The molecule has 0 fully saturated rings. The van der Waals surface area contributed by atoms with Crippen LogP contribution in [0.25, 0.3) is 0 Å². The minimum absolute atomic E-state index is 0.299. The second-order valence-corrected chi connectivity index (χ2v) is 3.87. The third kappa shape index (κ3) is 2.58. The van der Waals surface area contributed by atoms with Crippen molar-refractivity contribution < 1.29 is 4.79 Å². The fourth-order valence-corrected chi connectivity index (χ4v) is 1.60. The highest BCUT2D eigenvalue weighted by Gasteiger charge is 2.25. The number of nitrogens with zero attached hydrogens (tertiary/aromatic N) is 2. The van der Waals surface area contributed by atoms with Crippen LogP contribution >= 0.6 is 0 Å². The van der Waals surface area contributed by atoms with Crippen LogP contribution in [0.5, 0.6) is 0 Å². The SMILES string of the molecule is NC(C(=O)C(N)c1ccccn1)c1ccccn1. The molecule has 5 heteroatoms. The number of hydrogen-bond acceptors (Lipinski definition) is 5. The summed E-state index contributed by atoms with van der Waals surface area (Å²) in [6.45, 7) is 0. The Balaban J connectivity index is 2.17. The average Bonchev–Trinajstić information content (AvgIpc) is 2.47. The lowest BCUT2D eigenvalue weighted by Gasteiger charge is -2.15. The van der Waals surface area contributed by atoms with E-state index in [0.717, 1.165) is 0 Å². The Morgan fingerprint density at radius 1 is 0.889 bits per heavy atom. The molecule has 4 N–H and O–H groups in total. The molecule has 0 spiro atoms. The summed E-state index contributed by atoms with van der Waals surface area (Å²) >= 11 is 0. The first-order chi connectivity index (χ1) is 8.70. The Kier molecular flexibility index (Phi) is 3.76. The molecule has 2 aromatic heterocycles. The van der Waals surface area contributed by atoms with Crippen LogP contribution in [0.15, 0.2) is 48.8 Å². The van der Waals surface area contributed by atoms with Gasteiger partial charge in [-0.1, -0.05) is 12.1 Å². The number of hydrogen-bond donors (Lipinski definition) is 2. The fourth-order valence-electron chi connectivity index (χ4n) is 1.60. The van der Waals surface area contributed by atoms with Crippen LogP contribution in [0.1, 0.15) is 23.5 Å². The summed E-state index contributed by atoms with van der Waals surface area (Å²) in [5.74, 6) is -0.299. The highest BCUT2D eigenvalue weighted by atomic mass is 16.1. The molecule has 0 amide bonds. The highest BCUT2D eigenvalue weighted by Crippen LogP contribution is 2.16. The number of carbonyl (C=O) groups excluding carboxylic acids is 1. The van der Waals surface area contributed by atoms with Gasteiger partial charge in [0.2, 0.25) is 0 Å². The van der Waals surface area contributed by atoms with Gasteiger partial charge in [0.25, 0.3) is 0 Å². The van der Waals surface area contributed by atoms with Gasteiger partial charge in [-0.2, -0.15) is 0 Å². The maximum atomic E-state index is 12.1. The van der Waals surface area contributed by atoms with E-state index in [1.54, 1.807) is 48.8 Å². The molecule has 0 aromatic carbocycles. The number of nitrogens with two attached hydrogens (primary N) is 2. The van der Waals surface area contributed by atoms with Crippen molar-refractivity contribution in [3.05, 3.63) is 60.2 Å². The highest BCUT2D eigenvalue weighted by molar-refractivity contribution is 5.89. The van der Waals surface area contributed by atoms with E-state index in [-0.39, 0.29) is 5.78 Å². The zero-order chi connectivity index (χ0) is 13.0. The second kappa shape index (κ2) is 5.48. The van der Waals surface area contributed by atoms with Gasteiger partial charge < -0.3 is 11.5 Å². The predicted molar refractivity (Wildman–Crippen MR) is 67.3 cm³/mol. The van der Waals surface area contributed by atoms with Gasteiger partial charge in [-0.15, -0.1) is 0 Å². The van der Waals surface area contributed by atoms with E-state index in [2.05, 4.69) is 9.97 Å². The van der Waals surface area contributed by atoms with Gasteiger partial charge in [0.1, 0.15) is 12.1 Å². The van der Waals surface area contributed by atoms with Crippen LogP contribution in [0.4, 0.5) is 0 Å². The smallest absolute Gasteiger partial charge is 0.178 e. The summed E-state index contributed by atoms with van der Waals surface area (Å²) in [7, 11) is 0. The quantitative estimate of drug-likeness (QED) is 0.824. The zero-order valence-electron chi connectivity index (χ0n) is 9.73. The third-order valence-electron chi connectivity index (χ3n) is 2.63. The van der Waals surface area contributed by atoms with E-state index in [0.29, 0.717) is 11.4 Å². The molecule has 2 atom stereocenters. The van der Waals surface area contributed by atoms with Crippen molar-refractivity contribution in [1.29, 1.82) is 0 Å². The van der Waals surface area contributed by atoms with Gasteiger partial charge in [0.05, 0.1) is 11.4 Å². The number of aromatic nitrogens is 2. The summed E-state index contributed by atoms with van der Waals surface area (Å²) in [4.78, 5) is 20.2. The molecule has 0 radical (unpaired) electrons. The predicted octanol–water partition coefficient (Wildman–Crippen LogP) is 0.745. The van der Waals surface area contributed by atoms with Crippen LogP contribution in [0, 0.1) is 0 Å². The first-order valence-electron chi connectivity index (χ1n) is 5.57. The molecule has 92 valence electrons. The normalized spacial score (nSPS) is 13.9. The van der Waals surface area contributed by atoms with E-state index in [4.69, 9.17) is 11.5 Å². The van der Waals surface area contributed by atoms with Crippen molar-refractivity contribution in [2.75, 3.05) is 0 Å². The van der Waals surface area contributed by atoms with Crippen molar-refractivity contribution in [2.45, 2.75) is 12.1 Å². The number of ketones is 1. The van der Waals surface area contributed by atoms with Crippen LogP contribution in [-0.2, 0) is 4.79 Å². The maximum Gasteiger partial charge on any atom is 0.178 e. The molecule has 2 aromatic rings. The Bertz CT molecular complexity index is 468. The Morgan fingerprint density at radius 3 is 1.67 bits per heavy atom. The Labute approximate surface area is 105 Å². The number of carbonyl (C=O) groups is 1. The maximum absolute atomic E-state index is 12.1. The molecular formula is C13H14N4O. The lowest BCUT2D eigenvalue weighted by Crippen LogP contribution is -2.32. The van der Waals surface area contributed by atoms with Gasteiger partial charge in [-0.3, -0.25) is 14.8 Å². The van der Waals surface area contributed by atoms with Gasteiger partial charge in [-0.25, -0.2) is 0 Å². The summed E-state index contributed by atoms with van der Waals surface area (Å²) in [6, 6.07) is 8.83. The number of rotatable bonds is 4. The van der Waals surface area contributed by atoms with Crippen molar-refractivity contribution in [3.8, 4) is 0 Å². The first-order valence-corrected chi connectivity index (χ1v) is 5.57. The molecule has 0 saturated carbocycles. The van der Waals surface area contributed by atoms with E-state index >= 15 is 0 Å². The third-order valence-corrected chi connectivity index (χ3v) is 2.63. The van der Waals surface area contributed by atoms with E-state index in [9.17, 15) is 4.79 Å². The van der Waals surface area contributed by atoms with E-state index in [1.807, 2.05) is 0 Å². The molecular weight excluding hydrogens is 228 g/mol. The average molecular weight is 242 g/mol. The fraction of sp³-hybridized carbons (Fsp3) is 0.154. The van der Waals surface area contributed by atoms with Gasteiger partial charge in [0, 0.05) is 12.4 Å². The molecule has 5 nitrogen and oxygen atoms in total. The topological polar surface area (TPSA) is 94.9 Å². The molecule has 0 bridgehead atoms. The van der Waals surface area contributed by atoms with Crippen molar-refractivity contribution in [2.24, 2.45) is 11.5 Å². The lowest BCUT2D eigenvalue weighted by molar-refractivity contribution is -0.121. The van der Waals surface area contributed by atoms with E-state index in [1.165, 1.54) is 0 Å². The summed E-state index contributed by atoms with van der Waals surface area (Å²) in [5.41, 5.74) is 12.7. The van der Waals surface area contributed by atoms with Crippen LogP contribution in [0.3, 0.4) is 0 Å². The van der Waals surface area contributed by atoms with Gasteiger partial charge in [-0.05, 0) is 24.3 Å². The van der Waals surface area contributed by atoms with Gasteiger partial charge >= 0.3 is 0 Å². The van der Waals surface area contributed by atoms with Gasteiger partial charge in [0.15, 0.2) is 5.78 Å². The first kappa shape index (κ1) is 12.3. The molecule has 2 heterocycles. The standard InChI is InChI=1S/C13H14N4O/c14-11(9-5-1-3-7-16-9)13(18)12(15)10-6-2-4-8-17-10/h1-8,11-12H,14-15H2. The lowest BCUT2D eigenvalue weighted by atomic mass is 10.0. The van der Waals surface area contributed by atoms with Crippen LogP contribution < -0.4 is 11.5 Å². The number of Topliss-reactive ketones (excluding diaryl/α,β-unsaturated/α-hetero) is 1. The summed E-state index contributed by atoms with van der Waals surface area (Å²) < 4.78 is 0. The van der Waals surface area contributed by atoms with Crippen LogP contribution in [-0.4, -0.2) is 15.8 Å². The molecule has 0 aliphatic rings. The summed E-state index contributed by atoms with van der Waals surface area (Å²) in [6.07, 6.45) is 3.18. The second-order valence-electron chi connectivity index (χ2n) is 3.87. The Hall–Kier alpha value is -2.11. The Morgan fingerprint density at radius 2 is 1.33 bits per heavy atom. The molecule has 18 heavy (non-hydrogen) atoms. The molecule has 0 aliphatic carbocycles. The monoisotopic (exact) mass is 242 g/mol. The van der Waals surface area contributed by atoms with Crippen LogP contribution in [0.2, 0.25) is 0 Å². The largest absolute Gasteiger partial charge is 0.316 e. The van der Waals surface area contributed by atoms with E-state index < -0.39 is 12.1 Å². The molecule has 2 rings (SSSR count). The van der Waals surface area contributed by atoms with Crippen molar-refractivity contribution in [3.63, 3.8) is 0 Å². The number of pyridine rings is 2. The zero-order valence-corrected chi connectivity index (χ0v) is 9.73.